The Morgan fingerprint density at radius 3 is 3.08 bits per heavy atom. The third-order valence-corrected chi connectivity index (χ3v) is 5.21. The summed E-state index contributed by atoms with van der Waals surface area (Å²) in [5.41, 5.74) is 3.70. The molecule has 1 aromatic heterocycles. The predicted octanol–water partition coefficient (Wildman–Crippen LogP) is 2.85. The van der Waals surface area contributed by atoms with Crippen molar-refractivity contribution in [2.45, 2.75) is 38.8 Å². The van der Waals surface area contributed by atoms with E-state index in [0.29, 0.717) is 24.6 Å². The highest BCUT2D eigenvalue weighted by Gasteiger charge is 2.19. The van der Waals surface area contributed by atoms with Gasteiger partial charge in [0.1, 0.15) is 5.75 Å². The van der Waals surface area contributed by atoms with E-state index in [-0.39, 0.29) is 11.9 Å². The number of phenols is 1. The number of carbonyl (C=O) groups excluding carboxylic acids is 1. The van der Waals surface area contributed by atoms with Gasteiger partial charge in [0.25, 0.3) is 0 Å². The predicted molar refractivity (Wildman–Crippen MR) is 97.3 cm³/mol. The van der Waals surface area contributed by atoms with Crippen LogP contribution in [0.15, 0.2) is 35.0 Å². The van der Waals surface area contributed by atoms with E-state index in [1.807, 2.05) is 12.1 Å². The van der Waals surface area contributed by atoms with E-state index >= 15 is 0 Å². The molecule has 2 aromatic rings. The molecule has 24 heavy (non-hydrogen) atoms. The number of aromatic hydroxyl groups is 1. The summed E-state index contributed by atoms with van der Waals surface area (Å²) in [5.74, 6) is 0.778. The smallest absolute Gasteiger partial charge is 0.220 e. The molecule has 0 bridgehead atoms. The lowest BCUT2D eigenvalue weighted by molar-refractivity contribution is -0.122. The molecular formula is C19H24N2O2S. The van der Waals surface area contributed by atoms with Crippen LogP contribution in [0.2, 0.25) is 0 Å². The fourth-order valence-corrected chi connectivity index (χ4v) is 3.90. The van der Waals surface area contributed by atoms with E-state index in [2.05, 4.69) is 34.4 Å². The van der Waals surface area contributed by atoms with Crippen LogP contribution in [0.25, 0.3) is 0 Å². The first-order valence-electron chi connectivity index (χ1n) is 8.42. The van der Waals surface area contributed by atoms with E-state index in [1.54, 1.807) is 17.4 Å². The highest BCUT2D eigenvalue weighted by molar-refractivity contribution is 7.07. The number of benzene rings is 1. The van der Waals surface area contributed by atoms with Crippen molar-refractivity contribution in [3.05, 3.63) is 51.7 Å². The van der Waals surface area contributed by atoms with Crippen LogP contribution < -0.4 is 10.6 Å². The standard InChI is InChI=1S/C19H24N2O2S/c1-13(6-14-4-5-24-12-14)7-19(23)21-11-17-8-15-2-3-18(22)9-16(15)10-20-17/h2-5,9,12-13,17,20,22H,6-8,10-11H2,1H3,(H,21,23). The molecule has 128 valence electrons. The van der Waals surface area contributed by atoms with Gasteiger partial charge in [-0.05, 0) is 64.4 Å². The Hall–Kier alpha value is -1.85. The van der Waals surface area contributed by atoms with Crippen LogP contribution in [0.1, 0.15) is 30.0 Å². The van der Waals surface area contributed by atoms with Crippen LogP contribution in [0.3, 0.4) is 0 Å². The van der Waals surface area contributed by atoms with Gasteiger partial charge in [-0.3, -0.25) is 4.79 Å². The Kier molecular flexibility index (Phi) is 5.53. The van der Waals surface area contributed by atoms with Crippen molar-refractivity contribution < 1.29 is 9.90 Å². The molecule has 2 unspecified atom stereocenters. The normalized spacial score (nSPS) is 18.0. The zero-order valence-corrected chi connectivity index (χ0v) is 14.7. The van der Waals surface area contributed by atoms with Gasteiger partial charge >= 0.3 is 0 Å². The second-order valence-electron chi connectivity index (χ2n) is 6.68. The Bertz CT molecular complexity index is 685. The largest absolute Gasteiger partial charge is 0.508 e. The van der Waals surface area contributed by atoms with E-state index < -0.39 is 0 Å². The molecule has 3 N–H and O–H groups in total. The van der Waals surface area contributed by atoms with Gasteiger partial charge in [-0.15, -0.1) is 0 Å². The summed E-state index contributed by atoms with van der Waals surface area (Å²) in [5, 5.41) is 20.2. The molecule has 2 heterocycles. The summed E-state index contributed by atoms with van der Waals surface area (Å²) in [7, 11) is 0. The van der Waals surface area contributed by atoms with Crippen molar-refractivity contribution in [3.8, 4) is 5.75 Å². The van der Waals surface area contributed by atoms with E-state index in [1.165, 1.54) is 11.1 Å². The zero-order chi connectivity index (χ0) is 16.9. The van der Waals surface area contributed by atoms with Crippen LogP contribution in [0, 0.1) is 5.92 Å². The monoisotopic (exact) mass is 344 g/mol. The summed E-state index contributed by atoms with van der Waals surface area (Å²) in [6.07, 6.45) is 2.39. The van der Waals surface area contributed by atoms with Crippen molar-refractivity contribution in [2.24, 2.45) is 5.92 Å². The summed E-state index contributed by atoms with van der Waals surface area (Å²) in [6, 6.07) is 7.89. The third-order valence-electron chi connectivity index (χ3n) is 4.48. The van der Waals surface area contributed by atoms with Gasteiger partial charge in [0.15, 0.2) is 0 Å². The van der Waals surface area contributed by atoms with Gasteiger partial charge < -0.3 is 15.7 Å². The van der Waals surface area contributed by atoms with Crippen LogP contribution in [0.5, 0.6) is 5.75 Å². The number of nitrogens with one attached hydrogen (secondary N) is 2. The summed E-state index contributed by atoms with van der Waals surface area (Å²) in [4.78, 5) is 12.1. The molecule has 0 fully saturated rings. The molecule has 0 saturated carbocycles. The van der Waals surface area contributed by atoms with E-state index in [9.17, 15) is 9.90 Å². The van der Waals surface area contributed by atoms with Crippen molar-refractivity contribution in [1.82, 2.24) is 10.6 Å². The van der Waals surface area contributed by atoms with Crippen molar-refractivity contribution in [3.63, 3.8) is 0 Å². The third kappa shape index (κ3) is 4.58. The molecule has 1 aliphatic heterocycles. The Morgan fingerprint density at radius 1 is 1.42 bits per heavy atom. The van der Waals surface area contributed by atoms with Crippen molar-refractivity contribution in [2.75, 3.05) is 6.54 Å². The lowest BCUT2D eigenvalue weighted by Gasteiger charge is -2.26. The average Bonchev–Trinajstić information content (AvgIpc) is 3.05. The summed E-state index contributed by atoms with van der Waals surface area (Å²) in [6.45, 7) is 3.50. The molecule has 0 spiro atoms. The van der Waals surface area contributed by atoms with Gasteiger partial charge in [0, 0.05) is 25.6 Å². The molecule has 0 saturated heterocycles. The summed E-state index contributed by atoms with van der Waals surface area (Å²) >= 11 is 1.70. The first-order valence-corrected chi connectivity index (χ1v) is 9.36. The first-order chi connectivity index (χ1) is 11.6. The van der Waals surface area contributed by atoms with Crippen LogP contribution in [-0.2, 0) is 24.2 Å². The van der Waals surface area contributed by atoms with Gasteiger partial charge in [-0.2, -0.15) is 11.3 Å². The average molecular weight is 344 g/mol. The van der Waals surface area contributed by atoms with Crippen LogP contribution >= 0.6 is 11.3 Å². The highest BCUT2D eigenvalue weighted by atomic mass is 32.1. The van der Waals surface area contributed by atoms with Gasteiger partial charge in [-0.1, -0.05) is 13.0 Å². The van der Waals surface area contributed by atoms with Crippen molar-refractivity contribution in [1.29, 1.82) is 0 Å². The number of phenolic OH excluding ortho intramolecular Hbond substituents is 1. The van der Waals surface area contributed by atoms with Gasteiger partial charge in [0.05, 0.1) is 0 Å². The molecule has 1 aromatic carbocycles. The van der Waals surface area contributed by atoms with Gasteiger partial charge in [-0.25, -0.2) is 0 Å². The number of hydrogen-bond donors (Lipinski definition) is 3. The van der Waals surface area contributed by atoms with Crippen molar-refractivity contribution >= 4 is 17.2 Å². The SMILES string of the molecule is CC(CC(=O)NCC1Cc2ccc(O)cc2CN1)Cc1ccsc1. The number of fused-ring (bicyclic) bond motifs is 1. The molecule has 3 rings (SSSR count). The molecule has 1 aliphatic rings. The first kappa shape index (κ1) is 17.0. The lowest BCUT2D eigenvalue weighted by atomic mass is 9.95. The minimum absolute atomic E-state index is 0.121. The minimum Gasteiger partial charge on any atom is -0.508 e. The minimum atomic E-state index is 0.121. The summed E-state index contributed by atoms with van der Waals surface area (Å²) < 4.78 is 0. The number of carbonyl (C=O) groups is 1. The number of thiophene rings is 1. The maximum absolute atomic E-state index is 12.1. The lowest BCUT2D eigenvalue weighted by Crippen LogP contribution is -2.44. The second kappa shape index (κ2) is 7.81. The molecule has 2 atom stereocenters. The molecule has 4 nitrogen and oxygen atoms in total. The number of hydrogen-bond acceptors (Lipinski definition) is 4. The number of rotatable bonds is 6. The van der Waals surface area contributed by atoms with Gasteiger partial charge in [0.2, 0.25) is 5.91 Å². The van der Waals surface area contributed by atoms with Crippen LogP contribution in [0.4, 0.5) is 0 Å². The quantitative estimate of drug-likeness (QED) is 0.755. The van der Waals surface area contributed by atoms with E-state index in [0.717, 1.165) is 24.9 Å². The zero-order valence-electron chi connectivity index (χ0n) is 13.9. The fraction of sp³-hybridized carbons (Fsp3) is 0.421. The fourth-order valence-electron chi connectivity index (χ4n) is 3.22. The molecule has 1 amide bonds. The molecule has 0 aliphatic carbocycles. The Labute approximate surface area is 146 Å². The maximum Gasteiger partial charge on any atom is 0.220 e. The Balaban J connectivity index is 1.42. The Morgan fingerprint density at radius 2 is 2.29 bits per heavy atom. The van der Waals surface area contributed by atoms with E-state index in [4.69, 9.17) is 0 Å². The van der Waals surface area contributed by atoms with Crippen LogP contribution in [-0.4, -0.2) is 23.6 Å². The molecule has 5 heteroatoms. The highest BCUT2D eigenvalue weighted by Crippen LogP contribution is 2.21. The topological polar surface area (TPSA) is 61.4 Å². The maximum atomic E-state index is 12.1. The second-order valence-corrected chi connectivity index (χ2v) is 7.46. The molecular weight excluding hydrogens is 320 g/mol. The number of amides is 1. The molecule has 0 radical (unpaired) electrons.